The van der Waals surface area contributed by atoms with Gasteiger partial charge in [-0.05, 0) is 44.0 Å². The van der Waals surface area contributed by atoms with E-state index in [4.69, 9.17) is 9.84 Å². The van der Waals surface area contributed by atoms with Crippen LogP contribution in [0.4, 0.5) is 10.1 Å². The molecule has 3 nitrogen and oxygen atoms in total. The number of aliphatic hydroxyl groups is 1. The summed E-state index contributed by atoms with van der Waals surface area (Å²) in [5.41, 5.74) is 2.73. The zero-order valence-electron chi connectivity index (χ0n) is 13.5. The molecule has 1 aliphatic rings. The van der Waals surface area contributed by atoms with Crippen LogP contribution in [0.5, 0.6) is 5.75 Å². The minimum absolute atomic E-state index is 0.0676. The third kappa shape index (κ3) is 3.64. The molecule has 1 heterocycles. The van der Waals surface area contributed by atoms with Crippen molar-refractivity contribution in [3.8, 4) is 5.75 Å². The molecule has 0 fully saturated rings. The second-order valence-corrected chi connectivity index (χ2v) is 6.62. The molecule has 0 aliphatic carbocycles. The fourth-order valence-electron chi connectivity index (χ4n) is 3.05. The topological polar surface area (TPSA) is 41.5 Å². The zero-order valence-corrected chi connectivity index (χ0v) is 13.5. The lowest BCUT2D eigenvalue weighted by Gasteiger charge is -2.38. The molecule has 23 heavy (non-hydrogen) atoms. The van der Waals surface area contributed by atoms with Gasteiger partial charge in [-0.3, -0.25) is 0 Å². The van der Waals surface area contributed by atoms with E-state index in [1.165, 1.54) is 12.1 Å². The number of hydrogen-bond donors (Lipinski definition) is 2. The summed E-state index contributed by atoms with van der Waals surface area (Å²) in [6.45, 7) is 4.18. The van der Waals surface area contributed by atoms with E-state index in [1.807, 2.05) is 38.1 Å². The molecule has 122 valence electrons. The van der Waals surface area contributed by atoms with Crippen LogP contribution in [0.1, 0.15) is 37.4 Å². The number of benzene rings is 2. The van der Waals surface area contributed by atoms with Gasteiger partial charge in [0, 0.05) is 30.3 Å². The molecule has 2 aromatic carbocycles. The zero-order chi connectivity index (χ0) is 16.4. The van der Waals surface area contributed by atoms with Crippen LogP contribution in [0.25, 0.3) is 0 Å². The lowest BCUT2D eigenvalue weighted by molar-refractivity contribution is 0.0754. The lowest BCUT2D eigenvalue weighted by Crippen LogP contribution is -2.37. The summed E-state index contributed by atoms with van der Waals surface area (Å²) in [5, 5.41) is 12.5. The summed E-state index contributed by atoms with van der Waals surface area (Å²) in [7, 11) is 0. The smallest absolute Gasteiger partial charge is 0.128 e. The number of ether oxygens (including phenoxy) is 1. The van der Waals surface area contributed by atoms with Crippen molar-refractivity contribution >= 4 is 5.69 Å². The molecule has 0 saturated heterocycles. The Morgan fingerprint density at radius 1 is 1.22 bits per heavy atom. The van der Waals surface area contributed by atoms with Crippen LogP contribution in [0.15, 0.2) is 42.5 Å². The molecule has 2 N–H and O–H groups in total. The normalized spacial score (nSPS) is 18.9. The Balaban J connectivity index is 1.84. The van der Waals surface area contributed by atoms with Crippen molar-refractivity contribution in [1.29, 1.82) is 0 Å². The van der Waals surface area contributed by atoms with E-state index in [1.54, 1.807) is 6.07 Å². The maximum Gasteiger partial charge on any atom is 0.128 e. The van der Waals surface area contributed by atoms with Crippen LogP contribution in [0, 0.1) is 5.82 Å². The highest BCUT2D eigenvalue weighted by Crippen LogP contribution is 2.41. The van der Waals surface area contributed by atoms with Gasteiger partial charge in [0.25, 0.3) is 0 Å². The quantitative estimate of drug-likeness (QED) is 0.893. The Kier molecular flexibility index (Phi) is 4.26. The molecule has 0 amide bonds. The van der Waals surface area contributed by atoms with E-state index in [9.17, 15) is 4.39 Å². The van der Waals surface area contributed by atoms with Crippen LogP contribution in [0.2, 0.25) is 0 Å². The Hall–Kier alpha value is -2.07. The van der Waals surface area contributed by atoms with Crippen molar-refractivity contribution in [2.45, 2.75) is 38.3 Å². The lowest BCUT2D eigenvalue weighted by atomic mass is 9.89. The highest BCUT2D eigenvalue weighted by molar-refractivity contribution is 5.50. The Morgan fingerprint density at radius 3 is 2.65 bits per heavy atom. The average Bonchev–Trinajstić information content (AvgIpc) is 2.48. The van der Waals surface area contributed by atoms with Gasteiger partial charge in [-0.15, -0.1) is 0 Å². The Morgan fingerprint density at radius 2 is 1.96 bits per heavy atom. The van der Waals surface area contributed by atoms with E-state index in [-0.39, 0.29) is 24.1 Å². The molecule has 0 spiro atoms. The van der Waals surface area contributed by atoms with Gasteiger partial charge in [0.15, 0.2) is 0 Å². The van der Waals surface area contributed by atoms with Crippen molar-refractivity contribution in [1.82, 2.24) is 0 Å². The van der Waals surface area contributed by atoms with Crippen molar-refractivity contribution < 1.29 is 14.2 Å². The first-order chi connectivity index (χ1) is 11.0. The molecule has 1 unspecified atom stereocenters. The largest absolute Gasteiger partial charge is 0.487 e. The van der Waals surface area contributed by atoms with E-state index >= 15 is 0 Å². The molecular formula is C19H22FNO2. The van der Waals surface area contributed by atoms with E-state index in [0.717, 1.165) is 23.2 Å². The standard InChI is InChI=1S/C19H22FNO2/c1-19(2)12-17(16-8-5-14(20)11-18(16)23-19)21-15-6-3-13(4-7-15)9-10-22/h3-8,11,17,21-22H,9-10,12H2,1-2H3. The summed E-state index contributed by atoms with van der Waals surface area (Å²) < 4.78 is 19.4. The van der Waals surface area contributed by atoms with Crippen LogP contribution in [-0.2, 0) is 6.42 Å². The molecule has 3 rings (SSSR count). The fraction of sp³-hybridized carbons (Fsp3) is 0.368. The van der Waals surface area contributed by atoms with Gasteiger partial charge in [-0.25, -0.2) is 4.39 Å². The van der Waals surface area contributed by atoms with Gasteiger partial charge in [0.1, 0.15) is 17.2 Å². The van der Waals surface area contributed by atoms with Gasteiger partial charge < -0.3 is 15.2 Å². The van der Waals surface area contributed by atoms with Crippen LogP contribution >= 0.6 is 0 Å². The van der Waals surface area contributed by atoms with E-state index < -0.39 is 0 Å². The number of hydrogen-bond acceptors (Lipinski definition) is 3. The fourth-order valence-corrected chi connectivity index (χ4v) is 3.05. The summed E-state index contributed by atoms with van der Waals surface area (Å²) in [6, 6.07) is 12.8. The minimum atomic E-state index is -0.352. The highest BCUT2D eigenvalue weighted by atomic mass is 19.1. The van der Waals surface area contributed by atoms with Crippen LogP contribution in [0.3, 0.4) is 0 Å². The second kappa shape index (κ2) is 6.20. The number of aliphatic hydroxyl groups excluding tert-OH is 1. The van der Waals surface area contributed by atoms with Gasteiger partial charge in [0.2, 0.25) is 0 Å². The van der Waals surface area contributed by atoms with Gasteiger partial charge in [-0.1, -0.05) is 18.2 Å². The molecule has 1 aliphatic heterocycles. The monoisotopic (exact) mass is 315 g/mol. The van der Waals surface area contributed by atoms with Crippen molar-refractivity contribution in [3.63, 3.8) is 0 Å². The third-order valence-corrected chi connectivity index (χ3v) is 4.13. The second-order valence-electron chi connectivity index (χ2n) is 6.62. The Bertz CT molecular complexity index is 682. The molecule has 0 radical (unpaired) electrons. The SMILES string of the molecule is CC1(C)CC(Nc2ccc(CCO)cc2)c2ccc(F)cc2O1. The number of nitrogens with one attached hydrogen (secondary N) is 1. The number of anilines is 1. The third-order valence-electron chi connectivity index (χ3n) is 4.13. The molecule has 2 aromatic rings. The van der Waals surface area contributed by atoms with Crippen molar-refractivity contribution in [3.05, 3.63) is 59.4 Å². The number of rotatable bonds is 4. The van der Waals surface area contributed by atoms with Crippen LogP contribution < -0.4 is 10.1 Å². The Labute approximate surface area is 136 Å². The summed E-state index contributed by atoms with van der Waals surface area (Å²) >= 11 is 0. The number of fused-ring (bicyclic) bond motifs is 1. The highest BCUT2D eigenvalue weighted by Gasteiger charge is 2.33. The maximum atomic E-state index is 13.5. The van der Waals surface area contributed by atoms with Gasteiger partial charge >= 0.3 is 0 Å². The predicted octanol–water partition coefficient (Wildman–Crippen LogP) is 4.07. The first kappa shape index (κ1) is 15.8. The molecular weight excluding hydrogens is 293 g/mol. The minimum Gasteiger partial charge on any atom is -0.487 e. The maximum absolute atomic E-state index is 13.5. The molecule has 0 saturated carbocycles. The summed E-state index contributed by atoms with van der Waals surface area (Å²) in [6.07, 6.45) is 1.46. The van der Waals surface area contributed by atoms with Crippen LogP contribution in [-0.4, -0.2) is 17.3 Å². The first-order valence-electron chi connectivity index (χ1n) is 7.92. The average molecular weight is 315 g/mol. The van der Waals surface area contributed by atoms with Gasteiger partial charge in [0.05, 0.1) is 6.04 Å². The molecule has 0 aromatic heterocycles. The van der Waals surface area contributed by atoms with E-state index in [0.29, 0.717) is 12.2 Å². The molecule has 1 atom stereocenters. The first-order valence-corrected chi connectivity index (χ1v) is 7.92. The predicted molar refractivity (Wildman–Crippen MR) is 89.3 cm³/mol. The summed E-state index contributed by atoms with van der Waals surface area (Å²) in [4.78, 5) is 0. The van der Waals surface area contributed by atoms with Crippen molar-refractivity contribution in [2.75, 3.05) is 11.9 Å². The summed E-state index contributed by atoms with van der Waals surface area (Å²) in [5.74, 6) is 0.323. The molecule has 4 heteroatoms. The van der Waals surface area contributed by atoms with Gasteiger partial charge in [-0.2, -0.15) is 0 Å². The van der Waals surface area contributed by atoms with Crippen molar-refractivity contribution in [2.24, 2.45) is 0 Å². The molecule has 0 bridgehead atoms. The number of halogens is 1. The van der Waals surface area contributed by atoms with E-state index in [2.05, 4.69) is 5.32 Å².